The third kappa shape index (κ3) is 2.90. The van der Waals surface area contributed by atoms with Gasteiger partial charge in [0.15, 0.2) is 0 Å². The van der Waals surface area contributed by atoms with Crippen molar-refractivity contribution in [2.45, 2.75) is 18.9 Å². The molecule has 1 atom stereocenters. The maximum atomic E-state index is 10.4. The van der Waals surface area contributed by atoms with Gasteiger partial charge in [0.1, 0.15) is 0 Å². The summed E-state index contributed by atoms with van der Waals surface area (Å²) in [5, 5.41) is 31.5. The summed E-state index contributed by atoms with van der Waals surface area (Å²) in [4.78, 5) is 9.61. The van der Waals surface area contributed by atoms with Crippen LogP contribution in [0.4, 0.5) is 5.69 Å². The van der Waals surface area contributed by atoms with E-state index in [4.69, 9.17) is 0 Å². The van der Waals surface area contributed by atoms with Crippen molar-refractivity contribution in [3.63, 3.8) is 0 Å². The summed E-state index contributed by atoms with van der Waals surface area (Å²) >= 11 is 0. The van der Waals surface area contributed by atoms with E-state index >= 15 is 0 Å². The highest BCUT2D eigenvalue weighted by molar-refractivity contribution is 5.43. The highest BCUT2D eigenvalue weighted by atomic mass is 16.6. The first kappa shape index (κ1) is 11.4. The number of nitrogens with one attached hydrogen (secondary N) is 1. The van der Waals surface area contributed by atoms with Crippen LogP contribution in [0.1, 0.15) is 6.92 Å². The molecular weight excluding hydrogens is 200 g/mol. The van der Waals surface area contributed by atoms with E-state index in [-0.39, 0.29) is 0 Å². The molecule has 0 radical (unpaired) electrons. The number of nitro groups is 1. The van der Waals surface area contributed by atoms with E-state index in [1.54, 1.807) is 30.3 Å². The summed E-state index contributed by atoms with van der Waals surface area (Å²) in [5.74, 6) is -2.56. The normalized spacial score (nSPS) is 13.3. The van der Waals surface area contributed by atoms with Crippen LogP contribution in [0.5, 0.6) is 0 Å². The van der Waals surface area contributed by atoms with Crippen LogP contribution < -0.4 is 5.32 Å². The van der Waals surface area contributed by atoms with Crippen LogP contribution in [0.3, 0.4) is 0 Å². The number of hydrogen-bond donors (Lipinski definition) is 3. The van der Waals surface area contributed by atoms with E-state index in [9.17, 15) is 20.3 Å². The molecule has 0 spiro atoms. The molecule has 0 amide bonds. The van der Waals surface area contributed by atoms with Crippen LogP contribution in [-0.4, -0.2) is 27.1 Å². The minimum absolute atomic E-state index is 0.399. The van der Waals surface area contributed by atoms with Crippen molar-refractivity contribution in [1.82, 2.24) is 0 Å². The number of aliphatic hydroxyl groups is 2. The van der Waals surface area contributed by atoms with Crippen LogP contribution in [0, 0.1) is 10.1 Å². The summed E-state index contributed by atoms with van der Waals surface area (Å²) in [6, 6.07) is 6.72. The highest BCUT2D eigenvalue weighted by Gasteiger charge is 2.40. The first-order chi connectivity index (χ1) is 6.93. The predicted octanol–water partition coefficient (Wildman–Crippen LogP) is 0.402. The zero-order chi connectivity index (χ0) is 11.5. The van der Waals surface area contributed by atoms with E-state index in [0.717, 1.165) is 6.92 Å². The lowest BCUT2D eigenvalue weighted by molar-refractivity contribution is -0.555. The van der Waals surface area contributed by atoms with Crippen LogP contribution >= 0.6 is 0 Å². The van der Waals surface area contributed by atoms with Gasteiger partial charge in [-0.1, -0.05) is 18.2 Å². The quantitative estimate of drug-likeness (QED) is 0.381. The van der Waals surface area contributed by atoms with Crippen molar-refractivity contribution >= 4 is 5.69 Å². The van der Waals surface area contributed by atoms with Gasteiger partial charge >= 0.3 is 5.91 Å². The molecule has 0 heterocycles. The topological polar surface area (TPSA) is 95.6 Å². The second-order valence-electron chi connectivity index (χ2n) is 3.18. The summed E-state index contributed by atoms with van der Waals surface area (Å²) < 4.78 is 0. The van der Waals surface area contributed by atoms with Crippen molar-refractivity contribution in [3.8, 4) is 0 Å². The van der Waals surface area contributed by atoms with Gasteiger partial charge in [-0.25, -0.2) is 0 Å². The fourth-order valence-electron chi connectivity index (χ4n) is 0.985. The third-order valence-electron chi connectivity index (χ3n) is 2.00. The van der Waals surface area contributed by atoms with Gasteiger partial charge in [0, 0.05) is 17.5 Å². The molecule has 0 aliphatic rings. The average molecular weight is 212 g/mol. The average Bonchev–Trinajstić information content (AvgIpc) is 2.17. The van der Waals surface area contributed by atoms with Gasteiger partial charge in [-0.05, 0) is 12.1 Å². The summed E-state index contributed by atoms with van der Waals surface area (Å²) in [6.45, 7) is 1.11. The van der Waals surface area contributed by atoms with Crippen molar-refractivity contribution in [2.75, 3.05) is 5.32 Å². The number of rotatable bonds is 4. The second kappa shape index (κ2) is 4.24. The molecule has 6 heteroatoms. The van der Waals surface area contributed by atoms with Crippen LogP contribution in [0.25, 0.3) is 0 Å². The van der Waals surface area contributed by atoms with E-state index < -0.39 is 16.9 Å². The largest absolute Gasteiger partial charge is 0.344 e. The number of hydrogen-bond acceptors (Lipinski definition) is 5. The van der Waals surface area contributed by atoms with E-state index in [2.05, 4.69) is 5.32 Å². The fraction of sp³-hybridized carbons (Fsp3) is 0.333. The Morgan fingerprint density at radius 1 is 1.40 bits per heavy atom. The highest BCUT2D eigenvalue weighted by Crippen LogP contribution is 2.15. The minimum atomic E-state index is -2.56. The molecule has 1 aromatic carbocycles. The molecule has 0 saturated carbocycles. The van der Waals surface area contributed by atoms with Gasteiger partial charge in [-0.3, -0.25) is 10.1 Å². The first-order valence-electron chi connectivity index (χ1n) is 4.35. The minimum Gasteiger partial charge on any atom is -0.344 e. The van der Waals surface area contributed by atoms with Gasteiger partial charge in [-0.15, -0.1) is 0 Å². The van der Waals surface area contributed by atoms with Crippen molar-refractivity contribution < 1.29 is 15.1 Å². The van der Waals surface area contributed by atoms with Gasteiger partial charge in [0.2, 0.25) is 0 Å². The summed E-state index contributed by atoms with van der Waals surface area (Å²) in [7, 11) is 0. The monoisotopic (exact) mass is 212 g/mol. The van der Waals surface area contributed by atoms with Gasteiger partial charge in [0.25, 0.3) is 6.04 Å². The molecule has 6 nitrogen and oxygen atoms in total. The van der Waals surface area contributed by atoms with E-state index in [1.807, 2.05) is 0 Å². The van der Waals surface area contributed by atoms with Crippen molar-refractivity contribution in [1.29, 1.82) is 0 Å². The fourth-order valence-corrected chi connectivity index (χ4v) is 0.985. The maximum absolute atomic E-state index is 10.4. The smallest absolute Gasteiger partial charge is 0.315 e. The van der Waals surface area contributed by atoms with E-state index in [0.29, 0.717) is 5.69 Å². The molecule has 82 valence electrons. The maximum Gasteiger partial charge on any atom is 0.315 e. The second-order valence-corrected chi connectivity index (χ2v) is 3.18. The molecule has 1 rings (SSSR count). The molecule has 3 N–H and O–H groups in total. The Labute approximate surface area is 86.3 Å². The number of para-hydroxylation sites is 1. The Hall–Kier alpha value is -1.66. The molecule has 0 fully saturated rings. The molecule has 15 heavy (non-hydrogen) atoms. The molecule has 1 unspecified atom stereocenters. The predicted molar refractivity (Wildman–Crippen MR) is 53.7 cm³/mol. The lowest BCUT2D eigenvalue weighted by Crippen LogP contribution is -2.51. The zero-order valence-corrected chi connectivity index (χ0v) is 8.12. The van der Waals surface area contributed by atoms with Crippen molar-refractivity contribution in [3.05, 3.63) is 40.4 Å². The Morgan fingerprint density at radius 3 is 2.40 bits per heavy atom. The summed E-state index contributed by atoms with van der Waals surface area (Å²) in [6.07, 6.45) is 0. The van der Waals surface area contributed by atoms with Crippen LogP contribution in [0.15, 0.2) is 30.3 Å². The molecule has 0 aromatic heterocycles. The zero-order valence-electron chi connectivity index (χ0n) is 8.12. The Bertz CT molecular complexity index is 339. The molecule has 0 aliphatic heterocycles. The lowest BCUT2D eigenvalue weighted by atomic mass is 10.2. The molecule has 0 saturated heterocycles. The number of benzene rings is 1. The van der Waals surface area contributed by atoms with Gasteiger partial charge in [-0.2, -0.15) is 0 Å². The Balaban J connectivity index is 2.76. The van der Waals surface area contributed by atoms with Gasteiger partial charge in [0.05, 0.1) is 0 Å². The van der Waals surface area contributed by atoms with Crippen LogP contribution in [-0.2, 0) is 0 Å². The van der Waals surface area contributed by atoms with Crippen LogP contribution in [0.2, 0.25) is 0 Å². The standard InChI is InChI=1S/C9H12N2O4/c1-7(11(14)15)9(12,13)10-8-5-3-2-4-6-8/h2-7,10,12-13H,1H3. The van der Waals surface area contributed by atoms with E-state index in [1.165, 1.54) is 0 Å². The van der Waals surface area contributed by atoms with Gasteiger partial charge < -0.3 is 15.5 Å². The summed E-state index contributed by atoms with van der Waals surface area (Å²) in [5.41, 5.74) is 0.399. The molecular formula is C9H12N2O4. The molecule has 0 bridgehead atoms. The SMILES string of the molecule is CC([N+](=O)[O-])C(O)(O)Nc1ccccc1. The Morgan fingerprint density at radius 2 is 1.93 bits per heavy atom. The van der Waals surface area contributed by atoms with Crippen molar-refractivity contribution in [2.24, 2.45) is 0 Å². The lowest BCUT2D eigenvalue weighted by Gasteiger charge is -2.24. The first-order valence-corrected chi connectivity index (χ1v) is 4.35. The number of nitrogens with zero attached hydrogens (tertiary/aromatic N) is 1. The number of anilines is 1. The molecule has 1 aromatic rings. The third-order valence-corrected chi connectivity index (χ3v) is 2.00. The Kier molecular flexibility index (Phi) is 3.23. The molecule has 0 aliphatic carbocycles.